The van der Waals surface area contributed by atoms with E-state index in [2.05, 4.69) is 11.9 Å². The van der Waals surface area contributed by atoms with E-state index in [0.29, 0.717) is 0 Å². The highest BCUT2D eigenvalue weighted by Crippen LogP contribution is 2.06. The van der Waals surface area contributed by atoms with Gasteiger partial charge in [0.1, 0.15) is 17.9 Å². The minimum absolute atomic E-state index is 0.0261. The second-order valence-electron chi connectivity index (χ2n) is 6.15. The zero-order chi connectivity index (χ0) is 14.1. The lowest BCUT2D eigenvalue weighted by molar-refractivity contribution is -0.922. The van der Waals surface area contributed by atoms with Gasteiger partial charge in [0.25, 0.3) is 5.56 Å². The van der Waals surface area contributed by atoms with Crippen molar-refractivity contribution in [1.29, 1.82) is 0 Å². The van der Waals surface area contributed by atoms with Crippen LogP contribution in [-0.2, 0) is 6.54 Å². The minimum atomic E-state index is 0.0261. The molecule has 20 heavy (non-hydrogen) atoms. The van der Waals surface area contributed by atoms with Gasteiger partial charge in [0, 0.05) is 18.2 Å². The SMILES string of the molecule is Cc1ccc2nc(C[NH+]3CCC[C@H](C)C3)cc(=O)n2c1. The van der Waals surface area contributed by atoms with Gasteiger partial charge in [-0.05, 0) is 31.4 Å². The van der Waals surface area contributed by atoms with E-state index in [-0.39, 0.29) is 5.56 Å². The molecule has 4 heteroatoms. The van der Waals surface area contributed by atoms with E-state index < -0.39 is 0 Å². The molecule has 0 amide bonds. The van der Waals surface area contributed by atoms with Gasteiger partial charge in [-0.15, -0.1) is 0 Å². The van der Waals surface area contributed by atoms with Crippen molar-refractivity contribution in [3.8, 4) is 0 Å². The minimum Gasteiger partial charge on any atom is -0.330 e. The van der Waals surface area contributed by atoms with Crippen LogP contribution in [0.3, 0.4) is 0 Å². The molecule has 1 saturated heterocycles. The van der Waals surface area contributed by atoms with Crippen LogP contribution in [0.1, 0.15) is 31.0 Å². The molecule has 4 nitrogen and oxygen atoms in total. The maximum atomic E-state index is 12.2. The van der Waals surface area contributed by atoms with Crippen molar-refractivity contribution in [2.75, 3.05) is 13.1 Å². The van der Waals surface area contributed by atoms with Crippen molar-refractivity contribution in [2.45, 2.75) is 33.2 Å². The number of hydrogen-bond acceptors (Lipinski definition) is 2. The molecule has 1 N–H and O–H groups in total. The van der Waals surface area contributed by atoms with Gasteiger partial charge in [-0.1, -0.05) is 13.0 Å². The standard InChI is InChI=1S/C16H21N3O/c1-12-4-3-7-18(9-12)11-14-8-16(20)19-10-13(2)5-6-15(19)17-14/h5-6,8,10,12H,3-4,7,9,11H2,1-2H3/p+1/t12-/m0/s1. The Balaban J connectivity index is 1.89. The Kier molecular flexibility index (Phi) is 3.57. The van der Waals surface area contributed by atoms with Crippen LogP contribution in [0.5, 0.6) is 0 Å². The number of nitrogens with one attached hydrogen (secondary N) is 1. The summed E-state index contributed by atoms with van der Waals surface area (Å²) in [7, 11) is 0. The number of pyridine rings is 1. The molecule has 0 bridgehead atoms. The molecule has 3 rings (SSSR count). The van der Waals surface area contributed by atoms with Crippen molar-refractivity contribution < 1.29 is 4.90 Å². The summed E-state index contributed by atoms with van der Waals surface area (Å²) in [5.74, 6) is 0.781. The maximum absolute atomic E-state index is 12.2. The van der Waals surface area contributed by atoms with E-state index in [1.807, 2.05) is 25.3 Å². The smallest absolute Gasteiger partial charge is 0.258 e. The zero-order valence-electron chi connectivity index (χ0n) is 12.2. The predicted molar refractivity (Wildman–Crippen MR) is 79.0 cm³/mol. The fourth-order valence-electron chi connectivity index (χ4n) is 3.16. The summed E-state index contributed by atoms with van der Waals surface area (Å²) >= 11 is 0. The lowest BCUT2D eigenvalue weighted by Crippen LogP contribution is -3.12. The van der Waals surface area contributed by atoms with Gasteiger partial charge in [0.2, 0.25) is 0 Å². The number of aromatic nitrogens is 2. The summed E-state index contributed by atoms with van der Waals surface area (Å²) in [6.07, 6.45) is 4.46. The first-order valence-corrected chi connectivity index (χ1v) is 7.44. The lowest BCUT2D eigenvalue weighted by Gasteiger charge is -2.27. The van der Waals surface area contributed by atoms with Crippen molar-refractivity contribution in [3.05, 3.63) is 46.0 Å². The largest absolute Gasteiger partial charge is 0.330 e. The Hall–Kier alpha value is -1.68. The fourth-order valence-corrected chi connectivity index (χ4v) is 3.16. The molecule has 1 aliphatic heterocycles. The molecule has 0 radical (unpaired) electrons. The number of nitrogens with zero attached hydrogens (tertiary/aromatic N) is 2. The molecule has 0 spiro atoms. The van der Waals surface area contributed by atoms with E-state index in [0.717, 1.165) is 29.4 Å². The van der Waals surface area contributed by atoms with Gasteiger partial charge in [-0.3, -0.25) is 9.20 Å². The van der Waals surface area contributed by atoms with Crippen molar-refractivity contribution in [1.82, 2.24) is 9.38 Å². The van der Waals surface area contributed by atoms with E-state index in [4.69, 9.17) is 0 Å². The molecule has 2 aromatic heterocycles. The second-order valence-corrected chi connectivity index (χ2v) is 6.15. The third kappa shape index (κ3) is 2.75. The summed E-state index contributed by atoms with van der Waals surface area (Å²) < 4.78 is 1.63. The van der Waals surface area contributed by atoms with E-state index in [1.54, 1.807) is 15.4 Å². The van der Waals surface area contributed by atoms with Gasteiger partial charge in [-0.2, -0.15) is 0 Å². The Labute approximate surface area is 119 Å². The van der Waals surface area contributed by atoms with Gasteiger partial charge >= 0.3 is 0 Å². The third-order valence-corrected chi connectivity index (χ3v) is 4.16. The van der Waals surface area contributed by atoms with Crippen LogP contribution in [0.15, 0.2) is 29.2 Å². The molecule has 2 atom stereocenters. The van der Waals surface area contributed by atoms with Crippen LogP contribution in [0, 0.1) is 12.8 Å². The quantitative estimate of drug-likeness (QED) is 0.879. The molecule has 0 aromatic carbocycles. The van der Waals surface area contributed by atoms with Crippen molar-refractivity contribution >= 4 is 5.65 Å². The molecule has 1 aliphatic rings. The Morgan fingerprint density at radius 2 is 2.30 bits per heavy atom. The molecule has 1 fully saturated rings. The number of aryl methyl sites for hydroxylation is 1. The number of rotatable bonds is 2. The highest BCUT2D eigenvalue weighted by molar-refractivity contribution is 5.39. The lowest BCUT2D eigenvalue weighted by atomic mass is 10.0. The van der Waals surface area contributed by atoms with Gasteiger partial charge in [0.05, 0.1) is 13.1 Å². The summed E-state index contributed by atoms with van der Waals surface area (Å²) in [6.45, 7) is 7.54. The van der Waals surface area contributed by atoms with Crippen LogP contribution in [0.2, 0.25) is 0 Å². The molecule has 1 unspecified atom stereocenters. The molecule has 0 aliphatic carbocycles. The molecule has 2 aromatic rings. The first kappa shape index (κ1) is 13.3. The average molecular weight is 272 g/mol. The highest BCUT2D eigenvalue weighted by atomic mass is 16.1. The number of piperidine rings is 1. The Morgan fingerprint density at radius 1 is 1.45 bits per heavy atom. The van der Waals surface area contributed by atoms with E-state index in [9.17, 15) is 4.79 Å². The summed E-state index contributed by atoms with van der Waals surface area (Å²) in [6, 6.07) is 5.62. The van der Waals surface area contributed by atoms with Crippen molar-refractivity contribution in [2.24, 2.45) is 5.92 Å². The summed E-state index contributed by atoms with van der Waals surface area (Å²) in [5, 5.41) is 0. The molecular formula is C16H22N3O+. The number of hydrogen-bond donors (Lipinski definition) is 1. The topological polar surface area (TPSA) is 38.8 Å². The van der Waals surface area contributed by atoms with Crippen LogP contribution < -0.4 is 10.5 Å². The maximum Gasteiger partial charge on any atom is 0.258 e. The van der Waals surface area contributed by atoms with Gasteiger partial charge in [-0.25, -0.2) is 4.98 Å². The van der Waals surface area contributed by atoms with Gasteiger partial charge in [0.15, 0.2) is 0 Å². The number of fused-ring (bicyclic) bond motifs is 1. The van der Waals surface area contributed by atoms with Crippen LogP contribution in [0.25, 0.3) is 5.65 Å². The van der Waals surface area contributed by atoms with Crippen LogP contribution in [0.4, 0.5) is 0 Å². The highest BCUT2D eigenvalue weighted by Gasteiger charge is 2.20. The average Bonchev–Trinajstić information content (AvgIpc) is 2.40. The molecule has 3 heterocycles. The predicted octanol–water partition coefficient (Wildman–Crippen LogP) is 0.818. The first-order chi connectivity index (χ1) is 9.61. The zero-order valence-corrected chi connectivity index (χ0v) is 12.2. The first-order valence-electron chi connectivity index (χ1n) is 7.44. The monoisotopic (exact) mass is 272 g/mol. The molecule has 0 saturated carbocycles. The Morgan fingerprint density at radius 3 is 3.10 bits per heavy atom. The third-order valence-electron chi connectivity index (χ3n) is 4.16. The Bertz CT molecular complexity index is 677. The van der Waals surface area contributed by atoms with E-state index >= 15 is 0 Å². The van der Waals surface area contributed by atoms with Crippen LogP contribution >= 0.6 is 0 Å². The number of likely N-dealkylation sites (tertiary alicyclic amines) is 1. The van der Waals surface area contributed by atoms with Gasteiger partial charge < -0.3 is 4.90 Å². The number of quaternary nitrogens is 1. The normalized spacial score (nSPS) is 23.1. The summed E-state index contributed by atoms with van der Waals surface area (Å²) in [4.78, 5) is 18.4. The fraction of sp³-hybridized carbons (Fsp3) is 0.500. The van der Waals surface area contributed by atoms with Crippen LogP contribution in [-0.4, -0.2) is 22.5 Å². The molecule has 106 valence electrons. The van der Waals surface area contributed by atoms with Crippen molar-refractivity contribution in [3.63, 3.8) is 0 Å². The summed E-state index contributed by atoms with van der Waals surface area (Å²) in [5.41, 5.74) is 2.77. The van der Waals surface area contributed by atoms with E-state index in [1.165, 1.54) is 25.9 Å². The second kappa shape index (κ2) is 5.37. The molecular weight excluding hydrogens is 250 g/mol.